The average Bonchev–Trinajstić information content (AvgIpc) is 2.54. The Morgan fingerprint density at radius 3 is 2.38 bits per heavy atom. The third kappa shape index (κ3) is 3.53. The molecule has 0 aromatic heterocycles. The van der Waals surface area contributed by atoms with Crippen LogP contribution in [0.15, 0.2) is 30.3 Å². The van der Waals surface area contributed by atoms with Crippen molar-refractivity contribution in [3.8, 4) is 12.3 Å². The summed E-state index contributed by atoms with van der Waals surface area (Å²) >= 11 is 0. The maximum absolute atomic E-state index is 13.3. The maximum Gasteiger partial charge on any atom is 0.408 e. The predicted molar refractivity (Wildman–Crippen MR) is 86.4 cm³/mol. The minimum absolute atomic E-state index is 0.0912. The second-order valence-electron chi connectivity index (χ2n) is 7.12. The number of hydrogen-bond acceptors (Lipinski definition) is 2. The minimum Gasteiger partial charge on any atom is -0.445 e. The molecule has 0 heterocycles. The van der Waals surface area contributed by atoms with E-state index in [1.807, 2.05) is 30.3 Å². The van der Waals surface area contributed by atoms with E-state index in [-0.39, 0.29) is 24.9 Å². The number of terminal acetylenes is 1. The Labute approximate surface area is 140 Å². The molecule has 128 valence electrons. The summed E-state index contributed by atoms with van der Waals surface area (Å²) in [4.78, 5) is 12.0. The third-order valence-corrected chi connectivity index (χ3v) is 5.23. The van der Waals surface area contributed by atoms with Gasteiger partial charge in [-0.2, -0.15) is 0 Å². The highest BCUT2D eigenvalue weighted by atomic mass is 19.3. The fraction of sp³-hybridized carbons (Fsp3) is 0.526. The summed E-state index contributed by atoms with van der Waals surface area (Å²) in [6.07, 6.45) is 6.88. The molecular formula is C19H21F2NO2. The van der Waals surface area contributed by atoms with Gasteiger partial charge in [-0.25, -0.2) is 13.6 Å². The molecule has 2 saturated carbocycles. The van der Waals surface area contributed by atoms with Gasteiger partial charge < -0.3 is 10.1 Å². The lowest BCUT2D eigenvalue weighted by Crippen LogP contribution is -2.62. The Bertz CT molecular complexity index is 633. The molecule has 0 saturated heterocycles. The Kier molecular flexibility index (Phi) is 4.25. The number of carbonyl (C=O) groups is 1. The summed E-state index contributed by atoms with van der Waals surface area (Å²) in [7, 11) is 0. The highest BCUT2D eigenvalue weighted by Gasteiger charge is 2.57. The molecule has 0 unspecified atom stereocenters. The van der Waals surface area contributed by atoms with Gasteiger partial charge in [-0.05, 0) is 36.7 Å². The number of benzene rings is 1. The van der Waals surface area contributed by atoms with E-state index in [4.69, 9.17) is 11.2 Å². The van der Waals surface area contributed by atoms with Crippen LogP contribution in [0.3, 0.4) is 0 Å². The van der Waals surface area contributed by atoms with Gasteiger partial charge in [0, 0.05) is 12.8 Å². The Balaban J connectivity index is 1.51. The van der Waals surface area contributed by atoms with E-state index in [1.54, 1.807) is 0 Å². The summed E-state index contributed by atoms with van der Waals surface area (Å²) in [5.74, 6) is 0.0830. The molecule has 5 heteroatoms. The van der Waals surface area contributed by atoms with E-state index in [0.717, 1.165) is 5.56 Å². The van der Waals surface area contributed by atoms with Gasteiger partial charge in [0.2, 0.25) is 5.92 Å². The molecule has 3 nitrogen and oxygen atoms in total. The van der Waals surface area contributed by atoms with Gasteiger partial charge in [0.1, 0.15) is 12.1 Å². The highest BCUT2D eigenvalue weighted by Crippen LogP contribution is 2.58. The van der Waals surface area contributed by atoms with E-state index in [2.05, 4.69) is 11.2 Å². The van der Waals surface area contributed by atoms with Crippen LogP contribution in [0.1, 0.15) is 44.1 Å². The lowest BCUT2D eigenvalue weighted by atomic mass is 9.52. The van der Waals surface area contributed by atoms with Gasteiger partial charge in [0.25, 0.3) is 0 Å². The molecular weight excluding hydrogens is 312 g/mol. The van der Waals surface area contributed by atoms with Crippen molar-refractivity contribution in [1.82, 2.24) is 5.32 Å². The lowest BCUT2D eigenvalue weighted by Gasteiger charge is -2.56. The number of ether oxygens (including phenoxy) is 1. The highest BCUT2D eigenvalue weighted by molar-refractivity contribution is 5.69. The van der Waals surface area contributed by atoms with Gasteiger partial charge in [-0.3, -0.25) is 0 Å². The van der Waals surface area contributed by atoms with E-state index < -0.39 is 17.6 Å². The second kappa shape index (κ2) is 6.08. The summed E-state index contributed by atoms with van der Waals surface area (Å²) in [6.45, 7) is 0.171. The molecule has 1 N–H and O–H groups in total. The fourth-order valence-corrected chi connectivity index (χ4v) is 3.91. The monoisotopic (exact) mass is 333 g/mol. The minimum atomic E-state index is -2.55. The van der Waals surface area contributed by atoms with Crippen LogP contribution in [0.2, 0.25) is 0 Å². The number of halogens is 2. The van der Waals surface area contributed by atoms with Crippen molar-refractivity contribution in [3.63, 3.8) is 0 Å². The Hall–Kier alpha value is -2.09. The normalized spacial score (nSPS) is 22.9. The van der Waals surface area contributed by atoms with Crippen LogP contribution in [0.25, 0.3) is 0 Å². The van der Waals surface area contributed by atoms with Crippen LogP contribution >= 0.6 is 0 Å². The number of hydrogen-bond donors (Lipinski definition) is 1. The molecule has 1 amide bonds. The molecule has 0 radical (unpaired) electrons. The van der Waals surface area contributed by atoms with Crippen LogP contribution in [-0.2, 0) is 11.3 Å². The number of nitrogens with one attached hydrogen (secondary N) is 1. The lowest BCUT2D eigenvalue weighted by molar-refractivity contribution is -0.103. The number of alkyl halides is 2. The molecule has 1 spiro atoms. The predicted octanol–water partition coefficient (Wildman–Crippen LogP) is 4.27. The van der Waals surface area contributed by atoms with Crippen LogP contribution in [0.5, 0.6) is 0 Å². The van der Waals surface area contributed by atoms with Crippen LogP contribution in [0, 0.1) is 17.8 Å². The summed E-state index contributed by atoms with van der Waals surface area (Å²) in [6, 6.07) is 9.36. The van der Waals surface area contributed by atoms with E-state index in [9.17, 15) is 13.6 Å². The van der Waals surface area contributed by atoms with Crippen molar-refractivity contribution in [1.29, 1.82) is 0 Å². The maximum atomic E-state index is 13.3. The molecule has 24 heavy (non-hydrogen) atoms. The quantitative estimate of drug-likeness (QED) is 0.839. The molecule has 3 rings (SSSR count). The number of amides is 1. The van der Waals surface area contributed by atoms with Crippen molar-refractivity contribution in [2.75, 3.05) is 0 Å². The zero-order chi connectivity index (χ0) is 17.3. The second-order valence-corrected chi connectivity index (χ2v) is 7.12. The largest absolute Gasteiger partial charge is 0.445 e. The Morgan fingerprint density at radius 2 is 1.79 bits per heavy atom. The molecule has 0 bridgehead atoms. The topological polar surface area (TPSA) is 38.3 Å². The summed E-state index contributed by atoms with van der Waals surface area (Å²) in [5, 5.41) is 2.76. The first kappa shape index (κ1) is 16.8. The summed E-state index contributed by atoms with van der Waals surface area (Å²) in [5.41, 5.74) is -0.0248. The standard InChI is InChI=1S/C19H21F2NO2/c1-2-18(13-17(14-18)8-10-19(20,21)11-9-17)22-16(23)24-12-15-6-4-3-5-7-15/h1,3-7H,8-14H2,(H,22,23). The van der Waals surface area contributed by atoms with Crippen molar-refractivity contribution in [2.24, 2.45) is 5.41 Å². The number of carbonyl (C=O) groups excluding carboxylic acids is 1. The zero-order valence-electron chi connectivity index (χ0n) is 13.5. The van der Waals surface area contributed by atoms with Gasteiger partial charge >= 0.3 is 6.09 Å². The van der Waals surface area contributed by atoms with Crippen molar-refractivity contribution < 1.29 is 18.3 Å². The Morgan fingerprint density at radius 1 is 1.17 bits per heavy atom. The van der Waals surface area contributed by atoms with Crippen molar-refractivity contribution in [3.05, 3.63) is 35.9 Å². The average molecular weight is 333 g/mol. The SMILES string of the molecule is C#CC1(NC(=O)OCc2ccccc2)CC2(CCC(F)(F)CC2)C1. The first-order valence-corrected chi connectivity index (χ1v) is 8.21. The number of alkyl carbamates (subject to hydrolysis) is 1. The van der Waals surface area contributed by atoms with Crippen molar-refractivity contribution in [2.45, 2.75) is 56.6 Å². The van der Waals surface area contributed by atoms with Gasteiger partial charge in [0.15, 0.2) is 0 Å². The molecule has 2 aliphatic rings. The summed E-state index contributed by atoms with van der Waals surface area (Å²) < 4.78 is 31.9. The zero-order valence-corrected chi connectivity index (χ0v) is 13.5. The van der Waals surface area contributed by atoms with E-state index >= 15 is 0 Å². The van der Waals surface area contributed by atoms with Gasteiger partial charge in [-0.1, -0.05) is 36.3 Å². The first-order chi connectivity index (χ1) is 11.4. The van der Waals surface area contributed by atoms with Crippen LogP contribution in [0.4, 0.5) is 13.6 Å². The molecule has 1 aromatic carbocycles. The first-order valence-electron chi connectivity index (χ1n) is 8.21. The van der Waals surface area contributed by atoms with E-state index in [0.29, 0.717) is 25.7 Å². The van der Waals surface area contributed by atoms with E-state index in [1.165, 1.54) is 0 Å². The van der Waals surface area contributed by atoms with Gasteiger partial charge in [-0.15, -0.1) is 6.42 Å². The molecule has 1 aromatic rings. The van der Waals surface area contributed by atoms with Gasteiger partial charge in [0.05, 0.1) is 0 Å². The fourth-order valence-electron chi connectivity index (χ4n) is 3.91. The van der Waals surface area contributed by atoms with Crippen LogP contribution in [-0.4, -0.2) is 17.6 Å². The van der Waals surface area contributed by atoms with Crippen molar-refractivity contribution >= 4 is 6.09 Å². The molecule has 0 aliphatic heterocycles. The molecule has 2 aliphatic carbocycles. The number of rotatable bonds is 3. The van der Waals surface area contributed by atoms with Crippen LogP contribution < -0.4 is 5.32 Å². The third-order valence-electron chi connectivity index (χ3n) is 5.23. The molecule has 0 atom stereocenters. The molecule has 2 fully saturated rings. The smallest absolute Gasteiger partial charge is 0.408 e.